The fourth-order valence-corrected chi connectivity index (χ4v) is 3.94. The molecule has 1 amide bonds. The molecule has 0 bridgehead atoms. The van der Waals surface area contributed by atoms with Crippen LogP contribution in [0.1, 0.15) is 46.6 Å². The zero-order valence-electron chi connectivity index (χ0n) is 17.5. The second kappa shape index (κ2) is 8.32. The maximum absolute atomic E-state index is 12.9. The van der Waals surface area contributed by atoms with Crippen LogP contribution >= 0.6 is 11.3 Å². The average Bonchev–Trinajstić information content (AvgIpc) is 3.20. The van der Waals surface area contributed by atoms with Gasteiger partial charge in [0.05, 0.1) is 22.3 Å². The second-order valence-electron chi connectivity index (χ2n) is 7.52. The molecule has 154 valence electrons. The van der Waals surface area contributed by atoms with Crippen LogP contribution in [0.4, 0.5) is 0 Å². The lowest BCUT2D eigenvalue weighted by Crippen LogP contribution is -2.37. The largest absolute Gasteiger partial charge is 0.449 e. The van der Waals surface area contributed by atoms with Gasteiger partial charge in [-0.25, -0.2) is 9.78 Å². The normalized spacial score (nSPS) is 12.4. The fraction of sp³-hybridized carbons (Fsp3) is 0.429. The lowest BCUT2D eigenvalue weighted by atomic mass is 10.1. The van der Waals surface area contributed by atoms with Gasteiger partial charge in [0.1, 0.15) is 0 Å². The first kappa shape index (κ1) is 21.0. The van der Waals surface area contributed by atoms with Gasteiger partial charge in [0, 0.05) is 21.9 Å². The summed E-state index contributed by atoms with van der Waals surface area (Å²) in [5, 5.41) is 7.21. The van der Waals surface area contributed by atoms with Crippen molar-refractivity contribution in [2.24, 2.45) is 5.92 Å². The standard InChI is InChI=1S/C21H25N3O4S/c1-10(2)9-22-19(25)13(5)27-21(26)16-8-17(15-7-11(3)29-14(15)6)23-20-18(16)12(4)24-28-20/h7-8,10,13H,9H2,1-6H3,(H,22,25). The van der Waals surface area contributed by atoms with E-state index in [1.807, 2.05) is 33.8 Å². The van der Waals surface area contributed by atoms with E-state index in [0.29, 0.717) is 29.2 Å². The van der Waals surface area contributed by atoms with Crippen molar-refractivity contribution in [3.63, 3.8) is 0 Å². The Labute approximate surface area is 173 Å². The molecule has 1 unspecified atom stereocenters. The third-order valence-electron chi connectivity index (χ3n) is 4.49. The molecule has 0 aromatic carbocycles. The predicted octanol–water partition coefficient (Wildman–Crippen LogP) is 4.19. The minimum absolute atomic E-state index is 0.270. The Kier molecular flexibility index (Phi) is 6.02. The second-order valence-corrected chi connectivity index (χ2v) is 8.98. The highest BCUT2D eigenvalue weighted by molar-refractivity contribution is 7.12. The Bertz CT molecular complexity index is 1070. The molecule has 7 nitrogen and oxygen atoms in total. The number of carbonyl (C=O) groups is 2. The Morgan fingerprint density at radius 2 is 1.93 bits per heavy atom. The number of aryl methyl sites for hydroxylation is 3. The smallest absolute Gasteiger partial charge is 0.339 e. The molecule has 0 radical (unpaired) electrons. The van der Waals surface area contributed by atoms with Gasteiger partial charge in [0.25, 0.3) is 11.6 Å². The predicted molar refractivity (Wildman–Crippen MR) is 112 cm³/mol. The molecule has 0 saturated carbocycles. The number of nitrogens with one attached hydrogen (secondary N) is 1. The van der Waals surface area contributed by atoms with Crippen molar-refractivity contribution >= 4 is 34.3 Å². The molecule has 0 spiro atoms. The third-order valence-corrected chi connectivity index (χ3v) is 5.46. The summed E-state index contributed by atoms with van der Waals surface area (Å²) in [5.41, 5.74) is 2.64. The van der Waals surface area contributed by atoms with Crippen LogP contribution in [-0.2, 0) is 9.53 Å². The Balaban J connectivity index is 1.95. The van der Waals surface area contributed by atoms with Crippen molar-refractivity contribution < 1.29 is 18.8 Å². The third kappa shape index (κ3) is 4.48. The lowest BCUT2D eigenvalue weighted by molar-refractivity contribution is -0.129. The molecular weight excluding hydrogens is 390 g/mol. The van der Waals surface area contributed by atoms with E-state index in [1.165, 1.54) is 0 Å². The Morgan fingerprint density at radius 1 is 1.21 bits per heavy atom. The van der Waals surface area contributed by atoms with Crippen molar-refractivity contribution in [1.82, 2.24) is 15.5 Å². The number of pyridine rings is 1. The SMILES string of the molecule is Cc1cc(-c2cc(C(=O)OC(C)C(=O)NCC(C)C)c3c(C)noc3n2)c(C)s1. The molecule has 8 heteroatoms. The molecule has 0 aliphatic heterocycles. The van der Waals surface area contributed by atoms with Gasteiger partial charge in [-0.3, -0.25) is 4.79 Å². The van der Waals surface area contributed by atoms with Crippen molar-refractivity contribution in [2.45, 2.75) is 47.6 Å². The van der Waals surface area contributed by atoms with E-state index in [-0.39, 0.29) is 17.2 Å². The van der Waals surface area contributed by atoms with E-state index in [4.69, 9.17) is 9.26 Å². The zero-order chi connectivity index (χ0) is 21.3. The molecule has 0 saturated heterocycles. The number of fused-ring (bicyclic) bond motifs is 1. The average molecular weight is 416 g/mol. The highest BCUT2D eigenvalue weighted by atomic mass is 32.1. The van der Waals surface area contributed by atoms with Crippen LogP contribution in [0.3, 0.4) is 0 Å². The van der Waals surface area contributed by atoms with Gasteiger partial charge in [-0.2, -0.15) is 0 Å². The number of carbonyl (C=O) groups excluding carboxylic acids is 2. The topological polar surface area (TPSA) is 94.3 Å². The number of rotatable bonds is 6. The number of hydrogen-bond donors (Lipinski definition) is 1. The first-order valence-electron chi connectivity index (χ1n) is 9.50. The van der Waals surface area contributed by atoms with E-state index in [0.717, 1.165) is 15.3 Å². The number of thiophene rings is 1. The summed E-state index contributed by atoms with van der Waals surface area (Å²) in [4.78, 5) is 31.9. The highest BCUT2D eigenvalue weighted by Crippen LogP contribution is 2.33. The summed E-state index contributed by atoms with van der Waals surface area (Å²) in [6.07, 6.45) is -0.918. The van der Waals surface area contributed by atoms with Gasteiger partial charge in [-0.1, -0.05) is 19.0 Å². The Morgan fingerprint density at radius 3 is 2.55 bits per heavy atom. The summed E-state index contributed by atoms with van der Waals surface area (Å²) >= 11 is 1.66. The number of esters is 1. The zero-order valence-corrected chi connectivity index (χ0v) is 18.3. The van der Waals surface area contributed by atoms with Crippen LogP contribution in [-0.4, -0.2) is 34.7 Å². The van der Waals surface area contributed by atoms with Crippen LogP contribution in [0.15, 0.2) is 16.7 Å². The molecule has 3 rings (SSSR count). The number of nitrogens with zero attached hydrogens (tertiary/aromatic N) is 2. The van der Waals surface area contributed by atoms with Gasteiger partial charge in [-0.15, -0.1) is 11.3 Å². The van der Waals surface area contributed by atoms with Gasteiger partial charge in [0.2, 0.25) is 0 Å². The molecule has 3 heterocycles. The van der Waals surface area contributed by atoms with Crippen molar-refractivity contribution in [3.8, 4) is 11.3 Å². The molecule has 0 fully saturated rings. The summed E-state index contributed by atoms with van der Waals surface area (Å²) in [6.45, 7) is 11.8. The van der Waals surface area contributed by atoms with Gasteiger partial charge in [-0.05, 0) is 45.7 Å². The summed E-state index contributed by atoms with van der Waals surface area (Å²) < 4.78 is 10.8. The quantitative estimate of drug-likeness (QED) is 0.607. The molecule has 3 aromatic heterocycles. The van der Waals surface area contributed by atoms with Gasteiger partial charge in [0.15, 0.2) is 6.10 Å². The number of ether oxygens (including phenoxy) is 1. The van der Waals surface area contributed by atoms with E-state index in [1.54, 1.807) is 31.3 Å². The number of amides is 1. The van der Waals surface area contributed by atoms with E-state index in [2.05, 4.69) is 15.5 Å². The van der Waals surface area contributed by atoms with Crippen molar-refractivity contribution in [1.29, 1.82) is 0 Å². The number of hydrogen-bond acceptors (Lipinski definition) is 7. The van der Waals surface area contributed by atoms with Crippen LogP contribution in [0.25, 0.3) is 22.4 Å². The lowest BCUT2D eigenvalue weighted by Gasteiger charge is -2.15. The first-order chi connectivity index (χ1) is 13.7. The molecule has 0 aliphatic carbocycles. The molecule has 1 N–H and O–H groups in total. The maximum atomic E-state index is 12.9. The van der Waals surface area contributed by atoms with Crippen LogP contribution in [0.2, 0.25) is 0 Å². The molecule has 1 atom stereocenters. The molecule has 3 aromatic rings. The van der Waals surface area contributed by atoms with Crippen molar-refractivity contribution in [2.75, 3.05) is 6.54 Å². The summed E-state index contributed by atoms with van der Waals surface area (Å²) in [5.74, 6) is -0.633. The molecule has 29 heavy (non-hydrogen) atoms. The molecule has 0 aliphatic rings. The molecular formula is C21H25N3O4S. The van der Waals surface area contributed by atoms with E-state index in [9.17, 15) is 9.59 Å². The minimum Gasteiger partial charge on any atom is -0.449 e. The van der Waals surface area contributed by atoms with Crippen LogP contribution in [0.5, 0.6) is 0 Å². The monoisotopic (exact) mass is 415 g/mol. The van der Waals surface area contributed by atoms with E-state index >= 15 is 0 Å². The van der Waals surface area contributed by atoms with Crippen LogP contribution in [0, 0.1) is 26.7 Å². The fourth-order valence-electron chi connectivity index (χ4n) is 3.00. The minimum atomic E-state index is -0.918. The summed E-state index contributed by atoms with van der Waals surface area (Å²) in [6, 6.07) is 3.70. The number of aromatic nitrogens is 2. The van der Waals surface area contributed by atoms with Gasteiger partial charge >= 0.3 is 5.97 Å². The van der Waals surface area contributed by atoms with E-state index < -0.39 is 12.1 Å². The Hall–Kier alpha value is -2.74. The van der Waals surface area contributed by atoms with Gasteiger partial charge < -0.3 is 14.6 Å². The van der Waals surface area contributed by atoms with Crippen molar-refractivity contribution in [3.05, 3.63) is 33.1 Å². The first-order valence-corrected chi connectivity index (χ1v) is 10.3. The maximum Gasteiger partial charge on any atom is 0.339 e. The highest BCUT2D eigenvalue weighted by Gasteiger charge is 2.25. The summed E-state index contributed by atoms with van der Waals surface area (Å²) in [7, 11) is 0. The van der Waals surface area contributed by atoms with Crippen LogP contribution < -0.4 is 5.32 Å².